The number of likely N-dealkylation sites (tertiary alicyclic amines) is 1. The molecule has 0 bridgehead atoms. The second-order valence-corrected chi connectivity index (χ2v) is 8.50. The molecule has 1 amide bonds. The van der Waals surface area contributed by atoms with E-state index < -0.39 is 0 Å². The number of H-pyrrole nitrogens is 1. The largest absolute Gasteiger partial charge is 0.490 e. The molecule has 2 aliphatic rings. The molecule has 1 aromatic heterocycles. The molecule has 6 nitrogen and oxygen atoms in total. The summed E-state index contributed by atoms with van der Waals surface area (Å²) in [7, 11) is 0. The van der Waals surface area contributed by atoms with Crippen LogP contribution < -0.4 is 19.7 Å². The number of aromatic nitrogens is 1. The minimum absolute atomic E-state index is 0.121. The van der Waals surface area contributed by atoms with Gasteiger partial charge in [0, 0.05) is 48.5 Å². The van der Waals surface area contributed by atoms with E-state index in [0.717, 1.165) is 49.2 Å². The molecule has 1 fully saturated rings. The second kappa shape index (κ2) is 9.02. The molecule has 3 aromatic rings. The second-order valence-electron chi connectivity index (χ2n) is 8.50. The van der Waals surface area contributed by atoms with Crippen LogP contribution >= 0.6 is 0 Å². The van der Waals surface area contributed by atoms with E-state index in [1.54, 1.807) is 0 Å². The molecule has 2 aliphatic heterocycles. The average molecular weight is 421 g/mol. The maximum Gasteiger partial charge on any atom is 0.275 e. The summed E-state index contributed by atoms with van der Waals surface area (Å²) in [6.45, 7) is 3.58. The Hall–Kier alpha value is -2.99. The van der Waals surface area contributed by atoms with Crippen molar-refractivity contribution in [3.8, 4) is 11.5 Å². The highest BCUT2D eigenvalue weighted by Crippen LogP contribution is 2.33. The molecule has 2 aromatic carbocycles. The molecule has 162 valence electrons. The summed E-state index contributed by atoms with van der Waals surface area (Å²) in [6, 6.07) is 14.9. The summed E-state index contributed by atoms with van der Waals surface area (Å²) in [5.41, 5.74) is 3.63. The van der Waals surface area contributed by atoms with Crippen LogP contribution in [0.1, 0.15) is 36.4 Å². The number of carbonyl (C=O) groups is 1. The van der Waals surface area contributed by atoms with Gasteiger partial charge in [-0.15, -0.1) is 0 Å². The van der Waals surface area contributed by atoms with Crippen molar-refractivity contribution in [1.29, 1.82) is 0 Å². The third-order valence-electron chi connectivity index (χ3n) is 6.44. The predicted octanol–water partition coefficient (Wildman–Crippen LogP) is 2.41. The van der Waals surface area contributed by atoms with E-state index in [9.17, 15) is 4.79 Å². The minimum Gasteiger partial charge on any atom is -0.490 e. The number of nitrogens with one attached hydrogen (secondary N) is 3. The molecule has 0 radical (unpaired) electrons. The van der Waals surface area contributed by atoms with Gasteiger partial charge in [-0.2, -0.15) is 0 Å². The number of amides is 1. The zero-order valence-electron chi connectivity index (χ0n) is 17.8. The molecule has 1 unspecified atom stereocenters. The smallest absolute Gasteiger partial charge is 0.275 e. The summed E-state index contributed by atoms with van der Waals surface area (Å²) in [5.74, 6) is 1.79. The molecule has 0 spiro atoms. The van der Waals surface area contributed by atoms with E-state index >= 15 is 0 Å². The van der Waals surface area contributed by atoms with Crippen molar-refractivity contribution in [2.75, 3.05) is 32.8 Å². The van der Waals surface area contributed by atoms with Gasteiger partial charge in [-0.3, -0.25) is 4.79 Å². The van der Waals surface area contributed by atoms with E-state index in [2.05, 4.69) is 40.6 Å². The predicted molar refractivity (Wildman–Crippen MR) is 120 cm³/mol. The van der Waals surface area contributed by atoms with Gasteiger partial charge < -0.3 is 24.7 Å². The molecule has 0 aliphatic carbocycles. The number of carbonyl (C=O) groups excluding carboxylic acids is 1. The molecule has 3 N–H and O–H groups in total. The zero-order chi connectivity index (χ0) is 21.0. The summed E-state index contributed by atoms with van der Waals surface area (Å²) in [4.78, 5) is 17.3. The maximum atomic E-state index is 12.7. The van der Waals surface area contributed by atoms with Gasteiger partial charge >= 0.3 is 0 Å². The number of rotatable bonds is 6. The van der Waals surface area contributed by atoms with Gasteiger partial charge in [-0.25, -0.2) is 0 Å². The first-order valence-corrected chi connectivity index (χ1v) is 11.3. The van der Waals surface area contributed by atoms with Gasteiger partial charge in [-0.05, 0) is 36.2 Å². The standard InChI is InChI=1S/C25H29N3O3/c29-25(26-11-10-19-16-27-21-6-2-1-5-20(19)21)17-28-12-3-7-22(28)18-8-9-23-24(15-18)31-14-4-13-30-23/h1-2,5-6,8-9,15-16,22,27H,3-4,7,10-14,17H2,(H,26,29)/p+1/t22-/m1/s1. The fourth-order valence-corrected chi connectivity index (χ4v) is 4.87. The van der Waals surface area contributed by atoms with Crippen LogP contribution in [0.25, 0.3) is 10.9 Å². The first-order valence-electron chi connectivity index (χ1n) is 11.3. The number of quaternary nitrogens is 1. The fourth-order valence-electron chi connectivity index (χ4n) is 4.87. The highest BCUT2D eigenvalue weighted by Gasteiger charge is 2.32. The van der Waals surface area contributed by atoms with Crippen LogP contribution in [-0.2, 0) is 11.2 Å². The molecule has 6 heteroatoms. The van der Waals surface area contributed by atoms with Gasteiger partial charge in [0.2, 0.25) is 0 Å². The average Bonchev–Trinajstić information content (AvgIpc) is 3.34. The van der Waals surface area contributed by atoms with Gasteiger partial charge in [-0.1, -0.05) is 18.2 Å². The Labute approximate surface area is 182 Å². The quantitative estimate of drug-likeness (QED) is 0.574. The van der Waals surface area contributed by atoms with E-state index in [-0.39, 0.29) is 5.91 Å². The first-order chi connectivity index (χ1) is 15.3. The van der Waals surface area contributed by atoms with Gasteiger partial charge in [0.15, 0.2) is 18.0 Å². The van der Waals surface area contributed by atoms with Crippen molar-refractivity contribution < 1.29 is 19.2 Å². The van der Waals surface area contributed by atoms with E-state index in [1.165, 1.54) is 21.4 Å². The van der Waals surface area contributed by atoms with Crippen molar-refractivity contribution in [2.45, 2.75) is 31.7 Å². The van der Waals surface area contributed by atoms with Crippen LogP contribution in [0.3, 0.4) is 0 Å². The number of benzene rings is 2. The Morgan fingerprint density at radius 1 is 1.10 bits per heavy atom. The van der Waals surface area contributed by atoms with Crippen LogP contribution in [0.2, 0.25) is 0 Å². The molecule has 5 rings (SSSR count). The highest BCUT2D eigenvalue weighted by molar-refractivity contribution is 5.83. The lowest BCUT2D eigenvalue weighted by atomic mass is 10.0. The number of para-hydroxylation sites is 1. The van der Waals surface area contributed by atoms with Crippen molar-refractivity contribution in [3.05, 3.63) is 59.8 Å². The fraction of sp³-hybridized carbons (Fsp3) is 0.400. The SMILES string of the molecule is O=C(C[NH+]1CCC[C@@H]1c1ccc2c(c1)OCCCO2)NCCc1c[nH]c2ccccc12. The van der Waals surface area contributed by atoms with Gasteiger partial charge in [0.1, 0.15) is 6.04 Å². The van der Waals surface area contributed by atoms with Crippen LogP contribution in [0.4, 0.5) is 0 Å². The number of hydrogen-bond acceptors (Lipinski definition) is 3. The normalized spacial score (nSPS) is 20.5. The number of fused-ring (bicyclic) bond motifs is 2. The van der Waals surface area contributed by atoms with Crippen molar-refractivity contribution in [3.63, 3.8) is 0 Å². The summed E-state index contributed by atoms with van der Waals surface area (Å²) < 4.78 is 11.6. The topological polar surface area (TPSA) is 67.8 Å². The Balaban J connectivity index is 1.17. The maximum absolute atomic E-state index is 12.7. The Morgan fingerprint density at radius 3 is 2.90 bits per heavy atom. The molecule has 2 atom stereocenters. The molecular formula is C25H30N3O3+. The lowest BCUT2D eigenvalue weighted by Gasteiger charge is -2.22. The lowest BCUT2D eigenvalue weighted by molar-refractivity contribution is -0.910. The number of aromatic amines is 1. The zero-order valence-corrected chi connectivity index (χ0v) is 17.8. The van der Waals surface area contributed by atoms with Crippen molar-refractivity contribution in [2.24, 2.45) is 0 Å². The summed E-state index contributed by atoms with van der Waals surface area (Å²) in [5, 5.41) is 4.36. The molecule has 3 heterocycles. The Kier molecular flexibility index (Phi) is 5.80. The van der Waals surface area contributed by atoms with Crippen molar-refractivity contribution >= 4 is 16.8 Å². The molecule has 31 heavy (non-hydrogen) atoms. The molecule has 0 saturated carbocycles. The van der Waals surface area contributed by atoms with E-state index in [1.807, 2.05) is 18.3 Å². The molecular weight excluding hydrogens is 390 g/mol. The monoisotopic (exact) mass is 420 g/mol. The van der Waals surface area contributed by atoms with Gasteiger partial charge in [0.05, 0.1) is 19.8 Å². The van der Waals surface area contributed by atoms with Crippen LogP contribution in [0.15, 0.2) is 48.7 Å². The van der Waals surface area contributed by atoms with Crippen LogP contribution in [0, 0.1) is 0 Å². The van der Waals surface area contributed by atoms with Crippen molar-refractivity contribution in [1.82, 2.24) is 10.3 Å². The number of hydrogen-bond donors (Lipinski definition) is 3. The van der Waals surface area contributed by atoms with E-state index in [4.69, 9.17) is 9.47 Å². The number of ether oxygens (including phenoxy) is 2. The van der Waals surface area contributed by atoms with E-state index in [0.29, 0.717) is 32.3 Å². The third-order valence-corrected chi connectivity index (χ3v) is 6.44. The van der Waals surface area contributed by atoms with Crippen LogP contribution in [0.5, 0.6) is 11.5 Å². The minimum atomic E-state index is 0.121. The molecule has 1 saturated heterocycles. The lowest BCUT2D eigenvalue weighted by Crippen LogP contribution is -3.11. The van der Waals surface area contributed by atoms with Gasteiger partial charge in [0.25, 0.3) is 5.91 Å². The summed E-state index contributed by atoms with van der Waals surface area (Å²) >= 11 is 0. The highest BCUT2D eigenvalue weighted by atomic mass is 16.5. The Morgan fingerprint density at radius 2 is 1.97 bits per heavy atom. The Bertz CT molecular complexity index is 1060. The first kappa shape index (κ1) is 19.9. The summed E-state index contributed by atoms with van der Waals surface area (Å²) in [6.07, 6.45) is 6.01. The van der Waals surface area contributed by atoms with Crippen LogP contribution in [-0.4, -0.2) is 43.7 Å². The third kappa shape index (κ3) is 4.39.